The average Bonchev–Trinajstić information content (AvgIpc) is 3.20. The summed E-state index contributed by atoms with van der Waals surface area (Å²) < 4.78 is 66.8. The van der Waals surface area contributed by atoms with Gasteiger partial charge >= 0.3 is 18.2 Å². The van der Waals surface area contributed by atoms with Crippen molar-refractivity contribution in [3.63, 3.8) is 0 Å². The number of nitrogens with zero attached hydrogens (tertiary/aromatic N) is 3. The molecule has 43 heavy (non-hydrogen) atoms. The molecule has 0 saturated heterocycles. The van der Waals surface area contributed by atoms with E-state index in [4.69, 9.17) is 14.6 Å². The number of hydrogen-bond acceptors (Lipinski definition) is 6. The number of carbonyl (C=O) groups is 4. The van der Waals surface area contributed by atoms with Crippen LogP contribution < -0.4 is 15.6 Å². The van der Waals surface area contributed by atoms with Crippen LogP contribution in [0.5, 0.6) is 5.75 Å². The molecule has 0 aliphatic rings. The van der Waals surface area contributed by atoms with Crippen LogP contribution in [0.1, 0.15) is 48.1 Å². The number of aromatic nitrogens is 2. The largest absolute Gasteiger partial charge is 0.490 e. The highest BCUT2D eigenvalue weighted by Gasteiger charge is 2.38. The Labute approximate surface area is 241 Å². The van der Waals surface area contributed by atoms with Crippen LogP contribution in [0.15, 0.2) is 30.5 Å². The highest BCUT2D eigenvalue weighted by molar-refractivity contribution is 5.96. The van der Waals surface area contributed by atoms with Gasteiger partial charge in [0.15, 0.2) is 11.4 Å². The summed E-state index contributed by atoms with van der Waals surface area (Å²) in [7, 11) is 0. The van der Waals surface area contributed by atoms with Gasteiger partial charge in [0.05, 0.1) is 11.3 Å². The van der Waals surface area contributed by atoms with Crippen molar-refractivity contribution in [1.82, 2.24) is 25.1 Å². The minimum Gasteiger partial charge on any atom is -0.485 e. The average molecular weight is 618 g/mol. The highest BCUT2D eigenvalue weighted by Crippen LogP contribution is 2.26. The van der Waals surface area contributed by atoms with Crippen molar-refractivity contribution in [2.75, 3.05) is 6.54 Å². The number of pyridine rings is 1. The maximum Gasteiger partial charge on any atom is 0.490 e. The molecule has 0 aliphatic heterocycles. The summed E-state index contributed by atoms with van der Waals surface area (Å²) >= 11 is 0. The summed E-state index contributed by atoms with van der Waals surface area (Å²) in [5.74, 6) is -5.50. The number of aryl methyl sites for hydroxylation is 2. The van der Waals surface area contributed by atoms with E-state index in [-0.39, 0.29) is 22.7 Å². The number of benzene rings is 1. The number of alkyl halides is 3. The van der Waals surface area contributed by atoms with Crippen LogP contribution in [0.4, 0.5) is 26.7 Å². The van der Waals surface area contributed by atoms with E-state index >= 15 is 0 Å². The number of amides is 3. The van der Waals surface area contributed by atoms with Gasteiger partial charge in [-0.05, 0) is 58.4 Å². The molecule has 2 aromatic heterocycles. The van der Waals surface area contributed by atoms with Crippen LogP contribution >= 0.6 is 0 Å². The first-order valence-corrected chi connectivity index (χ1v) is 12.2. The number of carbonyl (C=O) groups excluding carboxylic acids is 2. The lowest BCUT2D eigenvalue weighted by Gasteiger charge is -2.32. The third kappa shape index (κ3) is 9.01. The van der Waals surface area contributed by atoms with E-state index in [2.05, 4.69) is 15.8 Å². The standard InChI is InChI=1S/C24H27F2N5O5.C2HF3O2/c1-13-9-18(36-12-15-16(25)7-6-8-17(15)26)21-27-14(2)20(30(21)10-13)22(33)29-28-19(32)11-31(23(34)35)24(3,4)5;3-2(4,5)1(6)7/h6-10H,11-12H2,1-5H3,(H,28,32)(H,29,33)(H,34,35);(H,6,7). The predicted octanol–water partition coefficient (Wildman–Crippen LogP) is 3.98. The predicted molar refractivity (Wildman–Crippen MR) is 139 cm³/mol. The molecule has 0 saturated carbocycles. The topological polar surface area (TPSA) is 163 Å². The normalized spacial score (nSPS) is 11.3. The van der Waals surface area contributed by atoms with Gasteiger partial charge in [-0.15, -0.1) is 0 Å². The summed E-state index contributed by atoms with van der Waals surface area (Å²) in [6.45, 7) is 7.34. The van der Waals surface area contributed by atoms with Crippen LogP contribution in [0.3, 0.4) is 0 Å². The molecule has 2 heterocycles. The molecule has 4 N–H and O–H groups in total. The van der Waals surface area contributed by atoms with Gasteiger partial charge in [0.25, 0.3) is 11.8 Å². The number of fused-ring (bicyclic) bond motifs is 1. The Balaban J connectivity index is 0.000000821. The van der Waals surface area contributed by atoms with E-state index in [1.54, 1.807) is 46.9 Å². The number of nitrogens with one attached hydrogen (secondary N) is 2. The fourth-order valence-electron chi connectivity index (χ4n) is 3.52. The van der Waals surface area contributed by atoms with Crippen LogP contribution in [0.25, 0.3) is 5.65 Å². The number of hydrazine groups is 1. The van der Waals surface area contributed by atoms with Crippen molar-refractivity contribution in [3.05, 3.63) is 64.6 Å². The molecule has 3 amide bonds. The lowest BCUT2D eigenvalue weighted by Crippen LogP contribution is -2.52. The first-order chi connectivity index (χ1) is 19.7. The Bertz CT molecular complexity index is 1510. The van der Waals surface area contributed by atoms with Crippen molar-refractivity contribution < 1.29 is 56.1 Å². The smallest absolute Gasteiger partial charge is 0.485 e. The Morgan fingerprint density at radius 2 is 1.58 bits per heavy atom. The Kier molecular flexibility index (Phi) is 10.6. The molecule has 0 atom stereocenters. The lowest BCUT2D eigenvalue weighted by molar-refractivity contribution is -0.192. The van der Waals surface area contributed by atoms with Gasteiger partial charge in [0.2, 0.25) is 0 Å². The van der Waals surface area contributed by atoms with Gasteiger partial charge in [-0.1, -0.05) is 6.07 Å². The lowest BCUT2D eigenvalue weighted by atomic mass is 10.1. The first-order valence-electron chi connectivity index (χ1n) is 12.2. The third-order valence-electron chi connectivity index (χ3n) is 5.55. The van der Waals surface area contributed by atoms with Crippen molar-refractivity contribution in [3.8, 4) is 5.75 Å². The second-order valence-corrected chi connectivity index (χ2v) is 9.95. The van der Waals surface area contributed by atoms with E-state index in [1.165, 1.54) is 10.5 Å². The summed E-state index contributed by atoms with van der Waals surface area (Å²) in [6, 6.07) is 5.13. The van der Waals surface area contributed by atoms with E-state index in [1.807, 2.05) is 0 Å². The minimum atomic E-state index is -5.08. The molecule has 0 bridgehead atoms. The van der Waals surface area contributed by atoms with Gasteiger partial charge in [-0.25, -0.2) is 23.4 Å². The third-order valence-corrected chi connectivity index (χ3v) is 5.55. The molecule has 0 radical (unpaired) electrons. The number of aliphatic carboxylic acids is 1. The fraction of sp³-hybridized carbons (Fsp3) is 0.346. The van der Waals surface area contributed by atoms with Gasteiger partial charge in [-0.2, -0.15) is 13.2 Å². The van der Waals surface area contributed by atoms with E-state index < -0.39 is 60.4 Å². The van der Waals surface area contributed by atoms with Crippen molar-refractivity contribution in [2.45, 2.75) is 52.9 Å². The molecule has 0 spiro atoms. The molecule has 1 aromatic carbocycles. The highest BCUT2D eigenvalue weighted by atomic mass is 19.4. The molecular weight excluding hydrogens is 589 g/mol. The number of ether oxygens (including phenoxy) is 1. The number of hydrogen-bond donors (Lipinski definition) is 4. The van der Waals surface area contributed by atoms with Gasteiger partial charge in [0.1, 0.15) is 30.5 Å². The molecular formula is C26H28F5N5O7. The Morgan fingerprint density at radius 3 is 2.07 bits per heavy atom. The molecule has 234 valence electrons. The molecule has 17 heteroatoms. The van der Waals surface area contributed by atoms with Crippen molar-refractivity contribution in [2.24, 2.45) is 0 Å². The van der Waals surface area contributed by atoms with E-state index in [0.29, 0.717) is 11.3 Å². The van der Waals surface area contributed by atoms with E-state index in [9.17, 15) is 41.4 Å². The Morgan fingerprint density at radius 1 is 1.02 bits per heavy atom. The molecule has 0 fully saturated rings. The van der Waals surface area contributed by atoms with Crippen molar-refractivity contribution >= 4 is 29.5 Å². The quantitative estimate of drug-likeness (QED) is 0.239. The van der Waals surface area contributed by atoms with Crippen LogP contribution in [-0.4, -0.2) is 66.6 Å². The monoisotopic (exact) mass is 617 g/mol. The molecule has 12 nitrogen and oxygen atoms in total. The number of carboxylic acids is 1. The second-order valence-electron chi connectivity index (χ2n) is 9.95. The first kappa shape index (κ1) is 34.2. The molecule has 3 rings (SSSR count). The molecule has 0 aliphatic carbocycles. The molecule has 3 aromatic rings. The Hall–Kier alpha value is -4.96. The second kappa shape index (κ2) is 13.3. The van der Waals surface area contributed by atoms with Crippen LogP contribution in [-0.2, 0) is 16.2 Å². The number of rotatable bonds is 6. The summed E-state index contributed by atoms with van der Waals surface area (Å²) in [5.41, 5.74) is 4.69. The molecule has 0 unspecified atom stereocenters. The summed E-state index contributed by atoms with van der Waals surface area (Å²) in [6.07, 6.45) is -4.74. The van der Waals surface area contributed by atoms with Crippen molar-refractivity contribution in [1.29, 1.82) is 0 Å². The zero-order valence-corrected chi connectivity index (χ0v) is 23.5. The zero-order chi connectivity index (χ0) is 32.9. The van der Waals surface area contributed by atoms with Crippen LogP contribution in [0, 0.1) is 25.5 Å². The number of imidazole rings is 1. The number of halogens is 5. The maximum absolute atomic E-state index is 14.0. The van der Waals surface area contributed by atoms with Gasteiger partial charge < -0.3 is 14.9 Å². The minimum absolute atomic E-state index is 0.0850. The number of carboxylic acid groups (broad SMARTS) is 2. The SMILES string of the molecule is Cc1cc(OCc2c(F)cccc2F)c2nc(C)c(C(=O)NNC(=O)CN(C(=O)O)C(C)(C)C)n2c1.O=C(O)C(F)(F)F. The van der Waals surface area contributed by atoms with Gasteiger partial charge in [-0.3, -0.25) is 29.7 Å². The zero-order valence-electron chi connectivity index (χ0n) is 23.5. The summed E-state index contributed by atoms with van der Waals surface area (Å²) in [5, 5.41) is 16.5. The maximum atomic E-state index is 14.0. The van der Waals surface area contributed by atoms with Crippen LogP contribution in [0.2, 0.25) is 0 Å². The summed E-state index contributed by atoms with van der Waals surface area (Å²) in [4.78, 5) is 50.8. The fourth-order valence-corrected chi connectivity index (χ4v) is 3.52. The van der Waals surface area contributed by atoms with Gasteiger partial charge in [0, 0.05) is 11.7 Å². The van der Waals surface area contributed by atoms with E-state index in [0.717, 1.165) is 17.0 Å².